The van der Waals surface area contributed by atoms with Gasteiger partial charge in [0, 0.05) is 0 Å². The Kier molecular flexibility index (Phi) is 4.37. The average molecular weight is 327 g/mol. The molecule has 0 aliphatic carbocycles. The third-order valence-electron chi connectivity index (χ3n) is 3.82. The molecule has 0 spiro atoms. The molecule has 0 atom stereocenters. The number of amides is 2. The minimum Gasteiger partial charge on any atom is -0.493 e. The summed E-state index contributed by atoms with van der Waals surface area (Å²) in [6, 6.07) is 12.1. The van der Waals surface area contributed by atoms with Gasteiger partial charge in [0.2, 0.25) is 5.75 Å². The Morgan fingerprint density at radius 2 is 1.38 bits per heavy atom. The van der Waals surface area contributed by atoms with Gasteiger partial charge >= 0.3 is 0 Å². The van der Waals surface area contributed by atoms with Gasteiger partial charge in [0.1, 0.15) is 6.61 Å². The summed E-state index contributed by atoms with van der Waals surface area (Å²) in [5, 5.41) is 0. The molecule has 0 aromatic heterocycles. The quantitative estimate of drug-likeness (QED) is 0.762. The van der Waals surface area contributed by atoms with E-state index in [1.165, 1.54) is 19.1 Å². The molecule has 0 unspecified atom stereocenters. The van der Waals surface area contributed by atoms with Gasteiger partial charge in [-0.2, -0.15) is 0 Å². The fourth-order valence-corrected chi connectivity index (χ4v) is 2.64. The third-order valence-corrected chi connectivity index (χ3v) is 3.82. The molecular formula is C18H17NO5. The van der Waals surface area contributed by atoms with Gasteiger partial charge in [-0.15, -0.1) is 0 Å². The summed E-state index contributed by atoms with van der Waals surface area (Å²) in [4.78, 5) is 25.8. The number of ether oxygens (including phenoxy) is 3. The normalized spacial score (nSPS) is 13.0. The van der Waals surface area contributed by atoms with Crippen molar-refractivity contribution < 1.29 is 23.8 Å². The van der Waals surface area contributed by atoms with Crippen molar-refractivity contribution >= 4 is 11.8 Å². The van der Waals surface area contributed by atoms with Gasteiger partial charge in [-0.05, 0) is 24.3 Å². The van der Waals surface area contributed by atoms with Crippen LogP contribution in [0.4, 0.5) is 0 Å². The number of rotatable bonds is 6. The molecule has 0 fully saturated rings. The predicted octanol–water partition coefficient (Wildman–Crippen LogP) is 2.38. The average Bonchev–Trinajstić information content (AvgIpc) is 2.87. The standard InChI is InChI=1S/C18H17NO5/c1-22-14-8-5-9-15(23-2)16(14)24-11-10-19-17(20)12-6-3-4-7-13(12)18(19)21/h3-9H,10-11H2,1-2H3. The molecule has 2 aromatic rings. The molecule has 0 bridgehead atoms. The molecule has 6 heteroatoms. The topological polar surface area (TPSA) is 65.1 Å². The maximum atomic E-state index is 12.3. The Balaban J connectivity index is 1.70. The minimum atomic E-state index is -0.300. The predicted molar refractivity (Wildman–Crippen MR) is 86.9 cm³/mol. The Labute approximate surface area is 139 Å². The van der Waals surface area contributed by atoms with E-state index >= 15 is 0 Å². The smallest absolute Gasteiger partial charge is 0.261 e. The molecule has 124 valence electrons. The Morgan fingerprint density at radius 1 is 0.833 bits per heavy atom. The summed E-state index contributed by atoms with van der Waals surface area (Å²) in [6.07, 6.45) is 0. The van der Waals surface area contributed by atoms with E-state index in [-0.39, 0.29) is 25.0 Å². The van der Waals surface area contributed by atoms with Crippen molar-refractivity contribution in [3.8, 4) is 17.2 Å². The van der Waals surface area contributed by atoms with E-state index in [1.54, 1.807) is 42.5 Å². The molecule has 3 rings (SSSR count). The highest BCUT2D eigenvalue weighted by molar-refractivity contribution is 6.21. The van der Waals surface area contributed by atoms with Crippen LogP contribution in [0.2, 0.25) is 0 Å². The van der Waals surface area contributed by atoms with Crippen LogP contribution in [0.1, 0.15) is 20.7 Å². The Bertz CT molecular complexity index is 729. The highest BCUT2D eigenvalue weighted by Crippen LogP contribution is 2.36. The maximum Gasteiger partial charge on any atom is 0.261 e. The third kappa shape index (κ3) is 2.67. The molecule has 0 radical (unpaired) electrons. The van der Waals surface area contributed by atoms with Crippen molar-refractivity contribution in [2.24, 2.45) is 0 Å². The lowest BCUT2D eigenvalue weighted by Gasteiger charge is -2.17. The lowest BCUT2D eigenvalue weighted by Crippen LogP contribution is -2.33. The molecule has 0 saturated heterocycles. The molecule has 2 aromatic carbocycles. The van der Waals surface area contributed by atoms with Gasteiger partial charge in [0.25, 0.3) is 11.8 Å². The van der Waals surface area contributed by atoms with E-state index in [0.717, 1.165) is 0 Å². The van der Waals surface area contributed by atoms with Crippen LogP contribution in [0, 0.1) is 0 Å². The molecule has 24 heavy (non-hydrogen) atoms. The number of methoxy groups -OCH3 is 2. The van der Waals surface area contributed by atoms with Crippen LogP contribution in [0.15, 0.2) is 42.5 Å². The van der Waals surface area contributed by atoms with Crippen LogP contribution in [0.3, 0.4) is 0 Å². The van der Waals surface area contributed by atoms with E-state index < -0.39 is 0 Å². The fourth-order valence-electron chi connectivity index (χ4n) is 2.64. The second kappa shape index (κ2) is 6.62. The summed E-state index contributed by atoms with van der Waals surface area (Å²) < 4.78 is 16.2. The van der Waals surface area contributed by atoms with Gasteiger partial charge < -0.3 is 14.2 Å². The largest absolute Gasteiger partial charge is 0.493 e. The number of nitrogens with zero attached hydrogens (tertiary/aromatic N) is 1. The van der Waals surface area contributed by atoms with Gasteiger partial charge in [-0.3, -0.25) is 14.5 Å². The summed E-state index contributed by atoms with van der Waals surface area (Å²) in [7, 11) is 3.07. The van der Waals surface area contributed by atoms with E-state index in [2.05, 4.69) is 0 Å². The number of para-hydroxylation sites is 1. The van der Waals surface area contributed by atoms with Crippen LogP contribution in [0.25, 0.3) is 0 Å². The van der Waals surface area contributed by atoms with Crippen molar-refractivity contribution in [1.82, 2.24) is 4.90 Å². The van der Waals surface area contributed by atoms with E-state index in [0.29, 0.717) is 28.4 Å². The zero-order valence-corrected chi connectivity index (χ0v) is 13.4. The van der Waals surface area contributed by atoms with Gasteiger partial charge in [0.15, 0.2) is 11.5 Å². The highest BCUT2D eigenvalue weighted by Gasteiger charge is 2.34. The molecule has 0 saturated carbocycles. The number of hydrogen-bond acceptors (Lipinski definition) is 5. The SMILES string of the molecule is COc1cccc(OC)c1OCCN1C(=O)c2ccccc2C1=O. The van der Waals surface area contributed by atoms with Crippen molar-refractivity contribution in [3.05, 3.63) is 53.6 Å². The highest BCUT2D eigenvalue weighted by atomic mass is 16.5. The van der Waals surface area contributed by atoms with Gasteiger partial charge in [-0.25, -0.2) is 0 Å². The van der Waals surface area contributed by atoms with Crippen molar-refractivity contribution in [2.75, 3.05) is 27.4 Å². The van der Waals surface area contributed by atoms with Crippen LogP contribution < -0.4 is 14.2 Å². The second-order valence-corrected chi connectivity index (χ2v) is 5.15. The number of fused-ring (bicyclic) bond motifs is 1. The summed E-state index contributed by atoms with van der Waals surface area (Å²) in [5.74, 6) is 0.893. The Morgan fingerprint density at radius 3 is 1.88 bits per heavy atom. The second-order valence-electron chi connectivity index (χ2n) is 5.15. The maximum absolute atomic E-state index is 12.3. The van der Waals surface area contributed by atoms with Crippen molar-refractivity contribution in [3.63, 3.8) is 0 Å². The van der Waals surface area contributed by atoms with Crippen LogP contribution in [0.5, 0.6) is 17.2 Å². The molecule has 0 N–H and O–H groups in total. The summed E-state index contributed by atoms with van der Waals surface area (Å²) >= 11 is 0. The van der Waals surface area contributed by atoms with Crippen LogP contribution in [-0.2, 0) is 0 Å². The first kappa shape index (κ1) is 15.9. The number of imide groups is 1. The lowest BCUT2D eigenvalue weighted by molar-refractivity contribution is 0.0630. The summed E-state index contributed by atoms with van der Waals surface area (Å²) in [6.45, 7) is 0.287. The van der Waals surface area contributed by atoms with Crippen LogP contribution >= 0.6 is 0 Å². The van der Waals surface area contributed by atoms with Crippen molar-refractivity contribution in [1.29, 1.82) is 0 Å². The van der Waals surface area contributed by atoms with E-state index in [4.69, 9.17) is 14.2 Å². The molecule has 1 aliphatic heterocycles. The first-order valence-electron chi connectivity index (χ1n) is 7.46. The van der Waals surface area contributed by atoms with Crippen LogP contribution in [-0.4, -0.2) is 44.1 Å². The molecule has 1 heterocycles. The van der Waals surface area contributed by atoms with Crippen molar-refractivity contribution in [2.45, 2.75) is 0 Å². The molecular weight excluding hydrogens is 310 g/mol. The Hall–Kier alpha value is -3.02. The first-order valence-corrected chi connectivity index (χ1v) is 7.46. The number of carbonyl (C=O) groups is 2. The molecule has 1 aliphatic rings. The molecule has 6 nitrogen and oxygen atoms in total. The van der Waals surface area contributed by atoms with E-state index in [1.807, 2.05) is 0 Å². The van der Waals surface area contributed by atoms with Gasteiger partial charge in [-0.1, -0.05) is 18.2 Å². The summed E-state index contributed by atoms with van der Waals surface area (Å²) in [5.41, 5.74) is 0.856. The first-order chi connectivity index (χ1) is 11.7. The number of benzene rings is 2. The monoisotopic (exact) mass is 327 g/mol. The van der Waals surface area contributed by atoms with E-state index in [9.17, 15) is 9.59 Å². The lowest BCUT2D eigenvalue weighted by atomic mass is 10.1. The number of hydrogen-bond donors (Lipinski definition) is 0. The zero-order valence-electron chi connectivity index (χ0n) is 13.4. The zero-order chi connectivity index (χ0) is 17.1. The molecule has 2 amide bonds. The fraction of sp³-hybridized carbons (Fsp3) is 0.222. The van der Waals surface area contributed by atoms with Gasteiger partial charge in [0.05, 0.1) is 31.9 Å². The number of carbonyl (C=O) groups excluding carboxylic acids is 2. The minimum absolute atomic E-state index is 0.141.